The van der Waals surface area contributed by atoms with Crippen molar-refractivity contribution in [3.05, 3.63) is 24.3 Å². The van der Waals surface area contributed by atoms with Gasteiger partial charge in [0.05, 0.1) is 32.6 Å². The highest BCUT2D eigenvalue weighted by Crippen LogP contribution is 2.33. The third-order valence-electron chi connectivity index (χ3n) is 5.13. The SMILES string of the molecule is CC(C)N(C)C[C@H]1CO[C@]2(COCCN(C(=O)c3cnccn3)C2)C1. The maximum atomic E-state index is 12.7. The summed E-state index contributed by atoms with van der Waals surface area (Å²) < 4.78 is 12.0. The molecule has 1 amide bonds. The van der Waals surface area contributed by atoms with Crippen molar-refractivity contribution in [2.45, 2.75) is 31.9 Å². The van der Waals surface area contributed by atoms with Crippen molar-refractivity contribution >= 4 is 5.91 Å². The van der Waals surface area contributed by atoms with Crippen molar-refractivity contribution in [2.75, 3.05) is 46.5 Å². The van der Waals surface area contributed by atoms with Crippen LogP contribution >= 0.6 is 0 Å². The molecule has 0 unspecified atom stereocenters. The summed E-state index contributed by atoms with van der Waals surface area (Å²) >= 11 is 0. The average molecular weight is 348 g/mol. The Balaban J connectivity index is 1.67. The van der Waals surface area contributed by atoms with Crippen molar-refractivity contribution < 1.29 is 14.3 Å². The molecular formula is C18H28N4O3. The van der Waals surface area contributed by atoms with E-state index in [9.17, 15) is 4.79 Å². The molecule has 0 bridgehead atoms. The topological polar surface area (TPSA) is 67.8 Å². The smallest absolute Gasteiger partial charge is 0.274 e. The van der Waals surface area contributed by atoms with E-state index in [0.717, 1.165) is 13.0 Å². The number of carbonyl (C=O) groups is 1. The number of aromatic nitrogens is 2. The Morgan fingerprint density at radius 2 is 2.32 bits per heavy atom. The van der Waals surface area contributed by atoms with Crippen LogP contribution in [0.4, 0.5) is 0 Å². The number of rotatable bonds is 4. The third kappa shape index (κ3) is 4.34. The first-order valence-corrected chi connectivity index (χ1v) is 8.96. The summed E-state index contributed by atoms with van der Waals surface area (Å²) in [5.41, 5.74) is -0.0368. The summed E-state index contributed by atoms with van der Waals surface area (Å²) in [6.45, 7) is 8.27. The van der Waals surface area contributed by atoms with Crippen molar-refractivity contribution in [3.63, 3.8) is 0 Å². The highest BCUT2D eigenvalue weighted by Gasteiger charge is 2.44. The molecule has 1 aromatic heterocycles. The van der Waals surface area contributed by atoms with E-state index in [-0.39, 0.29) is 5.91 Å². The van der Waals surface area contributed by atoms with Crippen LogP contribution in [0.15, 0.2) is 18.6 Å². The molecule has 7 nitrogen and oxygen atoms in total. The molecule has 2 saturated heterocycles. The van der Waals surface area contributed by atoms with Crippen LogP contribution in [0.25, 0.3) is 0 Å². The lowest BCUT2D eigenvalue weighted by Gasteiger charge is -2.31. The molecule has 3 rings (SSSR count). The summed E-state index contributed by atoms with van der Waals surface area (Å²) in [4.78, 5) is 25.0. The van der Waals surface area contributed by atoms with E-state index in [1.165, 1.54) is 6.20 Å². The van der Waals surface area contributed by atoms with Gasteiger partial charge >= 0.3 is 0 Å². The molecule has 0 N–H and O–H groups in total. The van der Waals surface area contributed by atoms with E-state index in [4.69, 9.17) is 9.47 Å². The van der Waals surface area contributed by atoms with Crippen molar-refractivity contribution in [1.29, 1.82) is 0 Å². The minimum Gasteiger partial charge on any atom is -0.377 e. The molecule has 1 aromatic rings. The highest BCUT2D eigenvalue weighted by molar-refractivity contribution is 5.92. The molecule has 2 atom stereocenters. The Hall–Kier alpha value is -1.57. The number of hydrogen-bond acceptors (Lipinski definition) is 6. The number of amides is 1. The van der Waals surface area contributed by atoms with Crippen LogP contribution in [-0.2, 0) is 9.47 Å². The Kier molecular flexibility index (Phi) is 5.66. The molecule has 0 aromatic carbocycles. The van der Waals surface area contributed by atoms with E-state index in [2.05, 4.69) is 35.8 Å². The molecule has 1 spiro atoms. The Morgan fingerprint density at radius 3 is 3.04 bits per heavy atom. The quantitative estimate of drug-likeness (QED) is 0.811. The number of ether oxygens (including phenoxy) is 2. The first kappa shape index (κ1) is 18.2. The average Bonchev–Trinajstić information content (AvgIpc) is 2.87. The normalized spacial score (nSPS) is 27.2. The number of carbonyl (C=O) groups excluding carboxylic acids is 1. The summed E-state index contributed by atoms with van der Waals surface area (Å²) in [7, 11) is 2.14. The molecule has 138 valence electrons. The molecule has 3 heterocycles. The first-order valence-electron chi connectivity index (χ1n) is 8.96. The fourth-order valence-corrected chi connectivity index (χ4v) is 3.54. The van der Waals surface area contributed by atoms with E-state index in [1.807, 2.05) is 0 Å². The van der Waals surface area contributed by atoms with Gasteiger partial charge < -0.3 is 19.3 Å². The van der Waals surface area contributed by atoms with Crippen LogP contribution in [0, 0.1) is 5.92 Å². The highest BCUT2D eigenvalue weighted by atomic mass is 16.5. The number of hydrogen-bond donors (Lipinski definition) is 0. The van der Waals surface area contributed by atoms with E-state index < -0.39 is 5.60 Å². The van der Waals surface area contributed by atoms with Gasteiger partial charge in [-0.05, 0) is 33.2 Å². The zero-order valence-corrected chi connectivity index (χ0v) is 15.4. The number of nitrogens with zero attached hydrogens (tertiary/aromatic N) is 4. The lowest BCUT2D eigenvalue weighted by Crippen LogP contribution is -2.46. The summed E-state index contributed by atoms with van der Waals surface area (Å²) in [6, 6.07) is 0.511. The van der Waals surface area contributed by atoms with Gasteiger partial charge in [0.1, 0.15) is 11.3 Å². The standard InChI is InChI=1S/C18H28N4O3/c1-14(2)21(3)10-15-8-18(25-11-15)12-22(6-7-24-13-18)17(23)16-9-19-4-5-20-16/h4-5,9,14-15H,6-8,10-13H2,1-3H3/t15-,18+/m0/s1. The third-order valence-corrected chi connectivity index (χ3v) is 5.13. The Morgan fingerprint density at radius 1 is 1.48 bits per heavy atom. The molecule has 2 aliphatic heterocycles. The lowest BCUT2D eigenvalue weighted by atomic mass is 9.93. The predicted molar refractivity (Wildman–Crippen MR) is 93.3 cm³/mol. The second-order valence-corrected chi connectivity index (χ2v) is 7.47. The molecule has 25 heavy (non-hydrogen) atoms. The minimum atomic E-state index is -0.406. The monoisotopic (exact) mass is 348 g/mol. The molecule has 7 heteroatoms. The molecule has 0 aliphatic carbocycles. The molecule has 0 saturated carbocycles. The molecular weight excluding hydrogens is 320 g/mol. The van der Waals surface area contributed by atoms with Crippen molar-refractivity contribution in [1.82, 2.24) is 19.8 Å². The molecule has 0 radical (unpaired) electrons. The van der Waals surface area contributed by atoms with Crippen LogP contribution < -0.4 is 0 Å². The van der Waals surface area contributed by atoms with E-state index in [1.54, 1.807) is 17.3 Å². The van der Waals surface area contributed by atoms with Gasteiger partial charge in [0.2, 0.25) is 0 Å². The second kappa shape index (κ2) is 7.76. The zero-order chi connectivity index (χ0) is 17.9. The van der Waals surface area contributed by atoms with Gasteiger partial charge in [-0.1, -0.05) is 0 Å². The predicted octanol–water partition coefficient (Wildman–Crippen LogP) is 1.06. The van der Waals surface area contributed by atoms with Gasteiger partial charge in [-0.15, -0.1) is 0 Å². The van der Waals surface area contributed by atoms with E-state index in [0.29, 0.717) is 50.6 Å². The van der Waals surface area contributed by atoms with Gasteiger partial charge in [-0.2, -0.15) is 0 Å². The van der Waals surface area contributed by atoms with Crippen LogP contribution in [-0.4, -0.2) is 83.8 Å². The van der Waals surface area contributed by atoms with Crippen LogP contribution in [0.3, 0.4) is 0 Å². The summed E-state index contributed by atoms with van der Waals surface area (Å²) in [5.74, 6) is 0.354. The van der Waals surface area contributed by atoms with Crippen LogP contribution in [0.2, 0.25) is 0 Å². The zero-order valence-electron chi connectivity index (χ0n) is 15.4. The fraction of sp³-hybridized carbons (Fsp3) is 0.722. The maximum absolute atomic E-state index is 12.7. The van der Waals surface area contributed by atoms with Gasteiger partial charge in [-0.3, -0.25) is 9.78 Å². The molecule has 2 aliphatic rings. The van der Waals surface area contributed by atoms with Gasteiger partial charge in [0.15, 0.2) is 0 Å². The Bertz CT molecular complexity index is 583. The van der Waals surface area contributed by atoms with Crippen LogP contribution in [0.5, 0.6) is 0 Å². The first-order chi connectivity index (χ1) is 12.0. The lowest BCUT2D eigenvalue weighted by molar-refractivity contribution is -0.0539. The van der Waals surface area contributed by atoms with Crippen LogP contribution in [0.1, 0.15) is 30.8 Å². The summed E-state index contributed by atoms with van der Waals surface area (Å²) in [6.07, 6.45) is 5.53. The second-order valence-electron chi connectivity index (χ2n) is 7.47. The van der Waals surface area contributed by atoms with Gasteiger partial charge in [-0.25, -0.2) is 4.98 Å². The largest absolute Gasteiger partial charge is 0.377 e. The molecule has 2 fully saturated rings. The van der Waals surface area contributed by atoms with Crippen molar-refractivity contribution in [2.24, 2.45) is 5.92 Å². The maximum Gasteiger partial charge on any atom is 0.274 e. The Labute approximate surface area is 149 Å². The summed E-state index contributed by atoms with van der Waals surface area (Å²) in [5, 5.41) is 0. The van der Waals surface area contributed by atoms with Gasteiger partial charge in [0, 0.05) is 31.5 Å². The van der Waals surface area contributed by atoms with Crippen molar-refractivity contribution in [3.8, 4) is 0 Å². The van der Waals surface area contributed by atoms with Gasteiger partial charge in [0.25, 0.3) is 5.91 Å². The fourth-order valence-electron chi connectivity index (χ4n) is 3.54. The van der Waals surface area contributed by atoms with E-state index >= 15 is 0 Å². The minimum absolute atomic E-state index is 0.107.